The number of amides is 1. The minimum absolute atomic E-state index is 0.347. The molecule has 1 aliphatic rings. The molecule has 4 heteroatoms. The second kappa shape index (κ2) is 5.87. The van der Waals surface area contributed by atoms with Crippen molar-refractivity contribution >= 4 is 6.41 Å². The molecule has 98 valence electrons. The Kier molecular flexibility index (Phi) is 4.20. The van der Waals surface area contributed by atoms with E-state index in [9.17, 15) is 4.79 Å². The van der Waals surface area contributed by atoms with Crippen molar-refractivity contribution in [3.05, 3.63) is 29.8 Å². The second-order valence-corrected chi connectivity index (χ2v) is 4.66. The van der Waals surface area contributed by atoms with Crippen LogP contribution in [0.1, 0.15) is 17.9 Å². The van der Waals surface area contributed by atoms with Gasteiger partial charge in [0.15, 0.2) is 0 Å². The zero-order valence-corrected chi connectivity index (χ0v) is 10.9. The fourth-order valence-electron chi connectivity index (χ4n) is 2.61. The predicted octanol–water partition coefficient (Wildman–Crippen LogP) is 1.23. The average molecular weight is 248 g/mol. The molecule has 0 aliphatic carbocycles. The number of piperidine rings is 1. The van der Waals surface area contributed by atoms with Gasteiger partial charge in [0.2, 0.25) is 6.41 Å². The van der Waals surface area contributed by atoms with E-state index in [2.05, 4.69) is 17.4 Å². The molecule has 1 amide bonds. The molecular weight excluding hydrogens is 228 g/mol. The van der Waals surface area contributed by atoms with E-state index in [0.717, 1.165) is 31.7 Å². The van der Waals surface area contributed by atoms with Crippen molar-refractivity contribution in [2.75, 3.05) is 27.2 Å². The van der Waals surface area contributed by atoms with Crippen LogP contribution < -0.4 is 10.1 Å². The molecular formula is C14H20N2O2. The summed E-state index contributed by atoms with van der Waals surface area (Å²) in [5.41, 5.74) is 1.25. The molecule has 1 heterocycles. The lowest BCUT2D eigenvalue weighted by atomic mass is 9.86. The van der Waals surface area contributed by atoms with Crippen LogP contribution in [0.2, 0.25) is 0 Å². The van der Waals surface area contributed by atoms with Crippen molar-refractivity contribution in [2.24, 2.45) is 0 Å². The van der Waals surface area contributed by atoms with E-state index in [-0.39, 0.29) is 0 Å². The Hall–Kier alpha value is -1.55. The number of ether oxygens (including phenoxy) is 1. The van der Waals surface area contributed by atoms with Gasteiger partial charge in [0, 0.05) is 25.0 Å². The number of carbonyl (C=O) groups is 1. The highest BCUT2D eigenvalue weighted by molar-refractivity contribution is 5.48. The van der Waals surface area contributed by atoms with Crippen LogP contribution in [0.25, 0.3) is 0 Å². The quantitative estimate of drug-likeness (QED) is 0.815. The highest BCUT2D eigenvalue weighted by atomic mass is 16.5. The Labute approximate surface area is 108 Å². The van der Waals surface area contributed by atoms with Gasteiger partial charge in [-0.3, -0.25) is 4.79 Å². The van der Waals surface area contributed by atoms with Gasteiger partial charge < -0.3 is 15.0 Å². The van der Waals surface area contributed by atoms with Crippen LogP contribution >= 0.6 is 0 Å². The molecule has 0 spiro atoms. The van der Waals surface area contributed by atoms with E-state index in [4.69, 9.17) is 4.74 Å². The number of likely N-dealkylation sites (N-methyl/N-ethyl adjacent to an activating group) is 1. The van der Waals surface area contributed by atoms with Gasteiger partial charge >= 0.3 is 0 Å². The summed E-state index contributed by atoms with van der Waals surface area (Å²) in [4.78, 5) is 12.8. The summed E-state index contributed by atoms with van der Waals surface area (Å²) >= 11 is 0. The van der Waals surface area contributed by atoms with Crippen LogP contribution in [-0.4, -0.2) is 44.6 Å². The lowest BCUT2D eigenvalue weighted by Crippen LogP contribution is -2.46. The molecule has 0 bridgehead atoms. The number of methoxy groups -OCH3 is 1. The molecule has 1 saturated heterocycles. The van der Waals surface area contributed by atoms with Crippen LogP contribution in [0.4, 0.5) is 0 Å². The number of rotatable bonds is 4. The minimum atomic E-state index is 0.347. The molecule has 4 nitrogen and oxygen atoms in total. The SMILES string of the molecule is CNC1CCN(C=O)CC1c1ccc(OC)cc1. The van der Waals surface area contributed by atoms with E-state index in [1.807, 2.05) is 24.1 Å². The Morgan fingerprint density at radius 2 is 2.11 bits per heavy atom. The zero-order chi connectivity index (χ0) is 13.0. The fraction of sp³-hybridized carbons (Fsp3) is 0.500. The van der Waals surface area contributed by atoms with E-state index in [1.165, 1.54) is 5.56 Å². The molecule has 1 aliphatic heterocycles. The van der Waals surface area contributed by atoms with Crippen molar-refractivity contribution in [1.82, 2.24) is 10.2 Å². The molecule has 18 heavy (non-hydrogen) atoms. The van der Waals surface area contributed by atoms with Gasteiger partial charge in [-0.2, -0.15) is 0 Å². The summed E-state index contributed by atoms with van der Waals surface area (Å²) in [6, 6.07) is 8.54. The molecule has 2 atom stereocenters. The van der Waals surface area contributed by atoms with Crippen LogP contribution in [0, 0.1) is 0 Å². The number of carbonyl (C=O) groups excluding carboxylic acids is 1. The van der Waals surface area contributed by atoms with Crippen LogP contribution in [0.15, 0.2) is 24.3 Å². The Balaban J connectivity index is 2.18. The maximum absolute atomic E-state index is 10.9. The van der Waals surface area contributed by atoms with Gasteiger partial charge in [-0.15, -0.1) is 0 Å². The van der Waals surface area contributed by atoms with E-state index >= 15 is 0 Å². The Morgan fingerprint density at radius 3 is 2.67 bits per heavy atom. The summed E-state index contributed by atoms with van der Waals surface area (Å²) in [6.07, 6.45) is 1.94. The van der Waals surface area contributed by atoms with Gasteiger partial charge in [0.05, 0.1) is 7.11 Å². The largest absolute Gasteiger partial charge is 0.497 e. The normalized spacial score (nSPS) is 23.8. The number of hydrogen-bond donors (Lipinski definition) is 1. The molecule has 1 fully saturated rings. The first-order chi connectivity index (χ1) is 8.78. The van der Waals surface area contributed by atoms with Gasteiger partial charge in [-0.05, 0) is 31.2 Å². The maximum Gasteiger partial charge on any atom is 0.209 e. The first kappa shape index (κ1) is 12.9. The average Bonchev–Trinajstić information content (AvgIpc) is 2.46. The number of nitrogens with zero attached hydrogens (tertiary/aromatic N) is 1. The van der Waals surface area contributed by atoms with Crippen molar-refractivity contribution in [2.45, 2.75) is 18.4 Å². The molecule has 1 aromatic rings. The summed E-state index contributed by atoms with van der Waals surface area (Å²) < 4.78 is 5.17. The van der Waals surface area contributed by atoms with E-state index < -0.39 is 0 Å². The lowest BCUT2D eigenvalue weighted by molar-refractivity contribution is -0.119. The third-order valence-electron chi connectivity index (χ3n) is 3.71. The first-order valence-electron chi connectivity index (χ1n) is 6.29. The van der Waals surface area contributed by atoms with Crippen molar-refractivity contribution in [3.63, 3.8) is 0 Å². The lowest BCUT2D eigenvalue weighted by Gasteiger charge is -2.37. The molecule has 0 saturated carbocycles. The summed E-state index contributed by atoms with van der Waals surface area (Å²) in [6.45, 7) is 1.61. The standard InChI is InChI=1S/C14H20N2O2/c1-15-14-7-8-16(10-17)9-13(14)11-3-5-12(18-2)6-4-11/h3-6,10,13-15H,7-9H2,1-2H3. The third kappa shape index (κ3) is 2.64. The molecule has 2 rings (SSSR count). The summed E-state index contributed by atoms with van der Waals surface area (Å²) in [5, 5.41) is 3.35. The minimum Gasteiger partial charge on any atom is -0.497 e. The van der Waals surface area contributed by atoms with Gasteiger partial charge in [0.1, 0.15) is 5.75 Å². The summed E-state index contributed by atoms with van der Waals surface area (Å²) in [5.74, 6) is 1.21. The van der Waals surface area contributed by atoms with Gasteiger partial charge in [0.25, 0.3) is 0 Å². The topological polar surface area (TPSA) is 41.6 Å². The smallest absolute Gasteiger partial charge is 0.209 e. The maximum atomic E-state index is 10.9. The second-order valence-electron chi connectivity index (χ2n) is 4.66. The number of benzene rings is 1. The van der Waals surface area contributed by atoms with Crippen LogP contribution in [-0.2, 0) is 4.79 Å². The highest BCUT2D eigenvalue weighted by Gasteiger charge is 2.28. The number of nitrogens with one attached hydrogen (secondary N) is 1. The van der Waals surface area contributed by atoms with E-state index in [1.54, 1.807) is 7.11 Å². The van der Waals surface area contributed by atoms with E-state index in [0.29, 0.717) is 12.0 Å². The molecule has 1 N–H and O–H groups in total. The Morgan fingerprint density at radius 1 is 1.39 bits per heavy atom. The third-order valence-corrected chi connectivity index (χ3v) is 3.71. The number of hydrogen-bond acceptors (Lipinski definition) is 3. The fourth-order valence-corrected chi connectivity index (χ4v) is 2.61. The molecule has 2 unspecified atom stereocenters. The van der Waals surface area contributed by atoms with Crippen molar-refractivity contribution < 1.29 is 9.53 Å². The first-order valence-corrected chi connectivity index (χ1v) is 6.29. The molecule has 0 aromatic heterocycles. The van der Waals surface area contributed by atoms with Crippen LogP contribution in [0.3, 0.4) is 0 Å². The van der Waals surface area contributed by atoms with Crippen LogP contribution in [0.5, 0.6) is 5.75 Å². The number of likely N-dealkylation sites (tertiary alicyclic amines) is 1. The predicted molar refractivity (Wildman–Crippen MR) is 70.8 cm³/mol. The monoisotopic (exact) mass is 248 g/mol. The van der Waals surface area contributed by atoms with Gasteiger partial charge in [-0.25, -0.2) is 0 Å². The summed E-state index contributed by atoms with van der Waals surface area (Å²) in [7, 11) is 3.65. The molecule has 0 radical (unpaired) electrons. The van der Waals surface area contributed by atoms with Crippen molar-refractivity contribution in [3.8, 4) is 5.75 Å². The zero-order valence-electron chi connectivity index (χ0n) is 10.9. The Bertz CT molecular complexity index is 391. The van der Waals surface area contributed by atoms with Crippen molar-refractivity contribution in [1.29, 1.82) is 0 Å². The highest BCUT2D eigenvalue weighted by Crippen LogP contribution is 2.28. The molecule has 1 aromatic carbocycles. The van der Waals surface area contributed by atoms with Gasteiger partial charge in [-0.1, -0.05) is 12.1 Å².